The van der Waals surface area contributed by atoms with E-state index in [1.807, 2.05) is 12.1 Å². The zero-order chi connectivity index (χ0) is 28.2. The summed E-state index contributed by atoms with van der Waals surface area (Å²) in [7, 11) is 0. The zero-order valence-electron chi connectivity index (χ0n) is 23.6. The third-order valence-electron chi connectivity index (χ3n) is 8.53. The Morgan fingerprint density at radius 1 is 0.381 bits per heavy atom. The molecule has 8 aromatic rings. The lowest BCUT2D eigenvalue weighted by atomic mass is 9.88. The van der Waals surface area contributed by atoms with E-state index in [2.05, 4.69) is 135 Å². The van der Waals surface area contributed by atoms with Gasteiger partial charge in [-0.1, -0.05) is 115 Å². The third-order valence-corrected chi connectivity index (χ3v) is 8.53. The molecule has 0 amide bonds. The largest absolute Gasteiger partial charge is 0.228 e. The minimum Gasteiger partial charge on any atom is -0.228 e. The van der Waals surface area contributed by atoms with Crippen molar-refractivity contribution in [3.8, 4) is 33.8 Å². The summed E-state index contributed by atoms with van der Waals surface area (Å²) < 4.78 is 0. The van der Waals surface area contributed by atoms with E-state index in [1.165, 1.54) is 54.6 Å². The topological polar surface area (TPSA) is 25.8 Å². The first kappa shape index (κ1) is 24.5. The Hall–Kier alpha value is -5.34. The second kappa shape index (κ2) is 9.64. The van der Waals surface area contributed by atoms with Gasteiger partial charge in [0.05, 0.1) is 11.2 Å². The normalized spacial score (nSPS) is 11.6. The van der Waals surface area contributed by atoms with Gasteiger partial charge in [0.2, 0.25) is 0 Å². The van der Waals surface area contributed by atoms with E-state index in [1.54, 1.807) is 0 Å². The Balaban J connectivity index is 1.40. The molecule has 7 aromatic carbocycles. The number of aryl methyl sites for hydroxylation is 2. The van der Waals surface area contributed by atoms with Crippen LogP contribution in [0.15, 0.2) is 133 Å². The number of para-hydroxylation sites is 1. The molecule has 2 nitrogen and oxygen atoms in total. The molecule has 2 heteroatoms. The molecule has 0 bridgehead atoms. The van der Waals surface area contributed by atoms with Crippen molar-refractivity contribution in [2.24, 2.45) is 0 Å². The molecule has 0 saturated carbocycles. The fraction of sp³-hybridized carbons (Fsp3) is 0.0500. The third kappa shape index (κ3) is 3.88. The summed E-state index contributed by atoms with van der Waals surface area (Å²) in [5.74, 6) is 0.740. The SMILES string of the molecule is Cc1ccccc1-c1cc2c3ccccc3c3cc(-c4nc(-c5ccccc5)c5ccccc5n4)ccc3c2cc1C. The molecule has 0 spiro atoms. The minimum atomic E-state index is 0.740. The second-order valence-electron chi connectivity index (χ2n) is 11.1. The van der Waals surface area contributed by atoms with Crippen molar-refractivity contribution in [3.05, 3.63) is 145 Å². The van der Waals surface area contributed by atoms with E-state index in [4.69, 9.17) is 9.97 Å². The smallest absolute Gasteiger partial charge is 0.160 e. The van der Waals surface area contributed by atoms with Crippen molar-refractivity contribution in [2.75, 3.05) is 0 Å². The fourth-order valence-corrected chi connectivity index (χ4v) is 6.43. The van der Waals surface area contributed by atoms with Crippen LogP contribution in [-0.4, -0.2) is 9.97 Å². The molecular weight excluding hydrogens is 508 g/mol. The molecule has 0 aliphatic rings. The van der Waals surface area contributed by atoms with Crippen LogP contribution in [0.1, 0.15) is 11.1 Å². The van der Waals surface area contributed by atoms with Crippen LogP contribution >= 0.6 is 0 Å². The van der Waals surface area contributed by atoms with Crippen LogP contribution in [0.2, 0.25) is 0 Å². The van der Waals surface area contributed by atoms with Crippen molar-refractivity contribution >= 4 is 43.2 Å². The van der Waals surface area contributed by atoms with E-state index in [9.17, 15) is 0 Å². The summed E-state index contributed by atoms with van der Waals surface area (Å²) in [5.41, 5.74) is 9.17. The Kier molecular flexibility index (Phi) is 5.61. The highest BCUT2D eigenvalue weighted by Crippen LogP contribution is 2.40. The maximum absolute atomic E-state index is 5.15. The van der Waals surface area contributed by atoms with Gasteiger partial charge in [-0.25, -0.2) is 9.97 Å². The molecule has 0 aliphatic carbocycles. The molecule has 1 aromatic heterocycles. The zero-order valence-corrected chi connectivity index (χ0v) is 23.6. The molecule has 0 N–H and O–H groups in total. The first-order valence-electron chi connectivity index (χ1n) is 14.4. The number of hydrogen-bond donors (Lipinski definition) is 0. The minimum absolute atomic E-state index is 0.740. The van der Waals surface area contributed by atoms with E-state index in [0.29, 0.717) is 0 Å². The number of hydrogen-bond acceptors (Lipinski definition) is 2. The van der Waals surface area contributed by atoms with Crippen LogP contribution in [0.25, 0.3) is 77.0 Å². The van der Waals surface area contributed by atoms with Crippen LogP contribution in [-0.2, 0) is 0 Å². The van der Waals surface area contributed by atoms with Crippen molar-refractivity contribution in [3.63, 3.8) is 0 Å². The molecular formula is C40H28N2. The van der Waals surface area contributed by atoms with Crippen molar-refractivity contribution in [1.29, 1.82) is 0 Å². The molecule has 198 valence electrons. The van der Waals surface area contributed by atoms with Gasteiger partial charge in [0.25, 0.3) is 0 Å². The molecule has 8 rings (SSSR count). The van der Waals surface area contributed by atoms with Gasteiger partial charge in [0, 0.05) is 16.5 Å². The van der Waals surface area contributed by atoms with E-state index in [-0.39, 0.29) is 0 Å². The average molecular weight is 537 g/mol. The number of benzene rings is 7. The number of aromatic nitrogens is 2. The van der Waals surface area contributed by atoms with E-state index < -0.39 is 0 Å². The summed E-state index contributed by atoms with van der Waals surface area (Å²) >= 11 is 0. The Morgan fingerprint density at radius 3 is 1.79 bits per heavy atom. The molecule has 0 aliphatic heterocycles. The molecule has 0 saturated heterocycles. The van der Waals surface area contributed by atoms with Crippen LogP contribution < -0.4 is 0 Å². The lowest BCUT2D eigenvalue weighted by Gasteiger charge is -2.16. The highest BCUT2D eigenvalue weighted by atomic mass is 14.9. The Morgan fingerprint density at radius 2 is 1.00 bits per heavy atom. The lowest BCUT2D eigenvalue weighted by Crippen LogP contribution is -1.95. The number of rotatable bonds is 3. The van der Waals surface area contributed by atoms with Gasteiger partial charge in [0.15, 0.2) is 5.82 Å². The predicted molar refractivity (Wildman–Crippen MR) is 178 cm³/mol. The molecule has 42 heavy (non-hydrogen) atoms. The second-order valence-corrected chi connectivity index (χ2v) is 11.1. The van der Waals surface area contributed by atoms with Crippen molar-refractivity contribution in [1.82, 2.24) is 9.97 Å². The fourth-order valence-electron chi connectivity index (χ4n) is 6.43. The van der Waals surface area contributed by atoms with Crippen molar-refractivity contribution in [2.45, 2.75) is 13.8 Å². The summed E-state index contributed by atoms with van der Waals surface area (Å²) in [6, 6.07) is 47.6. The monoisotopic (exact) mass is 536 g/mol. The van der Waals surface area contributed by atoms with E-state index in [0.717, 1.165) is 33.5 Å². The maximum atomic E-state index is 5.15. The highest BCUT2D eigenvalue weighted by molar-refractivity contribution is 6.26. The van der Waals surface area contributed by atoms with Gasteiger partial charge >= 0.3 is 0 Å². The van der Waals surface area contributed by atoms with Gasteiger partial charge in [-0.05, 0) is 86.6 Å². The van der Waals surface area contributed by atoms with Crippen LogP contribution in [0.4, 0.5) is 0 Å². The Bertz CT molecular complexity index is 2320. The van der Waals surface area contributed by atoms with Gasteiger partial charge in [-0.2, -0.15) is 0 Å². The number of nitrogens with zero attached hydrogens (tertiary/aromatic N) is 2. The highest BCUT2D eigenvalue weighted by Gasteiger charge is 2.16. The standard InChI is InChI=1S/C40H28N2/c1-25-12-6-7-15-29(25)34-24-37-31-17-9-8-16-30(31)36-23-28(20-21-32(36)35(37)22-26(34)2)40-41-38-19-11-10-18-33(38)39(42-40)27-13-4-3-5-14-27/h3-24H,1-2H3. The number of fused-ring (bicyclic) bond motifs is 7. The molecule has 0 radical (unpaired) electrons. The first-order valence-corrected chi connectivity index (χ1v) is 14.4. The quantitative estimate of drug-likeness (QED) is 0.210. The summed E-state index contributed by atoms with van der Waals surface area (Å²) in [5, 5.41) is 8.58. The van der Waals surface area contributed by atoms with Gasteiger partial charge in [0.1, 0.15) is 0 Å². The molecule has 0 atom stereocenters. The molecule has 0 fully saturated rings. The van der Waals surface area contributed by atoms with Gasteiger partial charge < -0.3 is 0 Å². The maximum Gasteiger partial charge on any atom is 0.160 e. The first-order chi connectivity index (χ1) is 20.7. The lowest BCUT2D eigenvalue weighted by molar-refractivity contribution is 1.23. The Labute approximate surface area is 244 Å². The van der Waals surface area contributed by atoms with Crippen LogP contribution in [0.3, 0.4) is 0 Å². The summed E-state index contributed by atoms with van der Waals surface area (Å²) in [6.07, 6.45) is 0. The van der Waals surface area contributed by atoms with E-state index >= 15 is 0 Å². The van der Waals surface area contributed by atoms with Crippen LogP contribution in [0, 0.1) is 13.8 Å². The summed E-state index contributed by atoms with van der Waals surface area (Å²) in [4.78, 5) is 10.2. The van der Waals surface area contributed by atoms with Crippen LogP contribution in [0.5, 0.6) is 0 Å². The molecule has 1 heterocycles. The molecule has 0 unspecified atom stereocenters. The predicted octanol–water partition coefficient (Wildman–Crippen LogP) is 10.7. The van der Waals surface area contributed by atoms with Crippen molar-refractivity contribution < 1.29 is 0 Å². The van der Waals surface area contributed by atoms with Gasteiger partial charge in [-0.15, -0.1) is 0 Å². The van der Waals surface area contributed by atoms with Gasteiger partial charge in [-0.3, -0.25) is 0 Å². The summed E-state index contributed by atoms with van der Waals surface area (Å²) in [6.45, 7) is 4.42. The average Bonchev–Trinajstić information content (AvgIpc) is 3.04.